The summed E-state index contributed by atoms with van der Waals surface area (Å²) in [4.78, 5) is 25.0. The molecule has 7 nitrogen and oxygen atoms in total. The summed E-state index contributed by atoms with van der Waals surface area (Å²) in [6, 6.07) is 13.9. The topological polar surface area (TPSA) is 85.9 Å². The molecule has 0 aliphatic carbocycles. The van der Waals surface area contributed by atoms with Crippen LogP contribution in [0.15, 0.2) is 59.8 Å². The summed E-state index contributed by atoms with van der Waals surface area (Å²) in [6.07, 6.45) is 0.603. The van der Waals surface area contributed by atoms with E-state index in [0.717, 1.165) is 5.56 Å². The van der Waals surface area contributed by atoms with E-state index in [2.05, 4.69) is 10.6 Å². The highest BCUT2D eigenvalue weighted by Gasteiger charge is 2.34. The molecule has 2 aromatic rings. The summed E-state index contributed by atoms with van der Waals surface area (Å²) >= 11 is 0. The van der Waals surface area contributed by atoms with Crippen LogP contribution in [0.5, 0.6) is 11.5 Å². The van der Waals surface area contributed by atoms with Gasteiger partial charge in [-0.05, 0) is 18.6 Å². The fourth-order valence-corrected chi connectivity index (χ4v) is 3.32. The molecule has 2 amide bonds. The third-order valence-electron chi connectivity index (χ3n) is 4.70. The quantitative estimate of drug-likeness (QED) is 0.703. The average Bonchev–Trinajstić information content (AvgIpc) is 2.73. The molecule has 1 atom stereocenters. The highest BCUT2D eigenvalue weighted by Crippen LogP contribution is 2.39. The Labute approximate surface area is 169 Å². The highest BCUT2D eigenvalue weighted by atomic mass is 16.5. The fraction of sp³-hybridized carbons (Fsp3) is 0.273. The van der Waals surface area contributed by atoms with Crippen molar-refractivity contribution in [2.45, 2.75) is 19.4 Å². The molecule has 0 aromatic heterocycles. The zero-order valence-corrected chi connectivity index (χ0v) is 16.7. The molecule has 0 unspecified atom stereocenters. The molecule has 0 fully saturated rings. The average molecular weight is 396 g/mol. The molecular formula is C22H24N2O5. The lowest BCUT2D eigenvalue weighted by Gasteiger charge is -2.29. The van der Waals surface area contributed by atoms with Crippen LogP contribution >= 0.6 is 0 Å². The van der Waals surface area contributed by atoms with Crippen molar-refractivity contribution in [3.05, 3.63) is 70.9 Å². The SMILES string of the molecule is COc1cccc([C@H]2NC(=O)NC(C)=C2C(=O)OCCc2ccccc2)c1OC. The first kappa shape index (κ1) is 20.3. The lowest BCUT2D eigenvalue weighted by molar-refractivity contribution is -0.139. The van der Waals surface area contributed by atoms with Gasteiger partial charge in [-0.25, -0.2) is 9.59 Å². The van der Waals surface area contributed by atoms with Gasteiger partial charge in [0.05, 0.1) is 32.4 Å². The molecule has 0 bridgehead atoms. The van der Waals surface area contributed by atoms with Crippen LogP contribution in [-0.2, 0) is 16.0 Å². The number of methoxy groups -OCH3 is 2. The van der Waals surface area contributed by atoms with Crippen LogP contribution < -0.4 is 20.1 Å². The Kier molecular flexibility index (Phi) is 6.39. The van der Waals surface area contributed by atoms with Gasteiger partial charge in [0.15, 0.2) is 11.5 Å². The van der Waals surface area contributed by atoms with E-state index in [1.54, 1.807) is 25.1 Å². The smallest absolute Gasteiger partial charge is 0.338 e. The maximum absolute atomic E-state index is 12.9. The van der Waals surface area contributed by atoms with Gasteiger partial charge in [0.1, 0.15) is 0 Å². The molecule has 1 heterocycles. The number of allylic oxidation sites excluding steroid dienone is 1. The first-order chi connectivity index (χ1) is 14.0. The summed E-state index contributed by atoms with van der Waals surface area (Å²) in [5.41, 5.74) is 2.45. The Morgan fingerprint density at radius 1 is 1.03 bits per heavy atom. The molecule has 1 aliphatic heterocycles. The molecule has 0 spiro atoms. The zero-order chi connectivity index (χ0) is 20.8. The number of amides is 2. The minimum atomic E-state index is -0.724. The first-order valence-corrected chi connectivity index (χ1v) is 9.25. The standard InChI is InChI=1S/C22H24N2O5/c1-14-18(21(25)29-13-12-15-8-5-4-6-9-15)19(24-22(26)23-14)16-10-7-11-17(27-2)20(16)28-3/h4-11,19H,12-13H2,1-3H3,(H2,23,24,26)/t19-/m1/s1. The van der Waals surface area contributed by atoms with Crippen LogP contribution in [0.2, 0.25) is 0 Å². The van der Waals surface area contributed by atoms with Crippen molar-refractivity contribution >= 4 is 12.0 Å². The number of hydrogen-bond acceptors (Lipinski definition) is 5. The van der Waals surface area contributed by atoms with Crippen molar-refractivity contribution in [1.29, 1.82) is 0 Å². The number of para-hydroxylation sites is 1. The van der Waals surface area contributed by atoms with E-state index in [4.69, 9.17) is 14.2 Å². The lowest BCUT2D eigenvalue weighted by Crippen LogP contribution is -2.45. The monoisotopic (exact) mass is 396 g/mol. The van der Waals surface area contributed by atoms with E-state index in [9.17, 15) is 9.59 Å². The van der Waals surface area contributed by atoms with Gasteiger partial charge in [0.25, 0.3) is 0 Å². The number of esters is 1. The van der Waals surface area contributed by atoms with Crippen molar-refractivity contribution in [3.63, 3.8) is 0 Å². The minimum absolute atomic E-state index is 0.232. The van der Waals surface area contributed by atoms with Gasteiger partial charge < -0.3 is 24.8 Å². The number of urea groups is 1. The number of hydrogen-bond donors (Lipinski definition) is 2. The van der Waals surface area contributed by atoms with Crippen LogP contribution in [0.1, 0.15) is 24.1 Å². The number of nitrogens with one attached hydrogen (secondary N) is 2. The Balaban J connectivity index is 1.85. The van der Waals surface area contributed by atoms with Crippen LogP contribution in [0.3, 0.4) is 0 Å². The molecule has 29 heavy (non-hydrogen) atoms. The Morgan fingerprint density at radius 2 is 1.79 bits per heavy atom. The third kappa shape index (κ3) is 4.51. The number of ether oxygens (including phenoxy) is 3. The van der Waals surface area contributed by atoms with Gasteiger partial charge in [-0.2, -0.15) is 0 Å². The van der Waals surface area contributed by atoms with Crippen molar-refractivity contribution < 1.29 is 23.8 Å². The van der Waals surface area contributed by atoms with Gasteiger partial charge in [0, 0.05) is 17.7 Å². The van der Waals surface area contributed by atoms with E-state index in [-0.39, 0.29) is 6.61 Å². The number of benzene rings is 2. The number of rotatable bonds is 7. The van der Waals surface area contributed by atoms with Crippen LogP contribution in [0, 0.1) is 0 Å². The lowest BCUT2D eigenvalue weighted by atomic mass is 9.94. The molecule has 152 valence electrons. The maximum atomic E-state index is 12.9. The third-order valence-corrected chi connectivity index (χ3v) is 4.70. The maximum Gasteiger partial charge on any atom is 0.338 e. The van der Waals surface area contributed by atoms with Gasteiger partial charge in [-0.3, -0.25) is 0 Å². The predicted octanol–water partition coefficient (Wildman–Crippen LogP) is 3.12. The molecule has 2 aromatic carbocycles. The zero-order valence-electron chi connectivity index (χ0n) is 16.7. The Morgan fingerprint density at radius 3 is 2.48 bits per heavy atom. The molecule has 0 saturated heterocycles. The largest absolute Gasteiger partial charge is 0.493 e. The van der Waals surface area contributed by atoms with E-state index < -0.39 is 18.0 Å². The minimum Gasteiger partial charge on any atom is -0.493 e. The van der Waals surface area contributed by atoms with Crippen LogP contribution in [0.25, 0.3) is 0 Å². The van der Waals surface area contributed by atoms with Crippen molar-refractivity contribution in [1.82, 2.24) is 10.6 Å². The second-order valence-electron chi connectivity index (χ2n) is 6.52. The van der Waals surface area contributed by atoms with Crippen molar-refractivity contribution in [2.75, 3.05) is 20.8 Å². The Hall–Kier alpha value is -3.48. The first-order valence-electron chi connectivity index (χ1n) is 9.25. The number of carbonyl (C=O) groups is 2. The Bertz CT molecular complexity index is 924. The van der Waals surface area contributed by atoms with Gasteiger partial charge in [-0.1, -0.05) is 42.5 Å². The van der Waals surface area contributed by atoms with Gasteiger partial charge in [0.2, 0.25) is 0 Å². The predicted molar refractivity (Wildman–Crippen MR) is 108 cm³/mol. The molecular weight excluding hydrogens is 372 g/mol. The van der Waals surface area contributed by atoms with Gasteiger partial charge in [-0.15, -0.1) is 0 Å². The molecule has 2 N–H and O–H groups in total. The normalized spacial score (nSPS) is 16.0. The molecule has 0 saturated carbocycles. The summed E-state index contributed by atoms with van der Waals surface area (Å²) < 4.78 is 16.3. The highest BCUT2D eigenvalue weighted by molar-refractivity contribution is 5.95. The second kappa shape index (κ2) is 9.14. The van der Waals surface area contributed by atoms with Crippen LogP contribution in [-0.4, -0.2) is 32.8 Å². The van der Waals surface area contributed by atoms with E-state index >= 15 is 0 Å². The molecule has 7 heteroatoms. The molecule has 3 rings (SSSR count). The summed E-state index contributed by atoms with van der Waals surface area (Å²) in [6.45, 7) is 1.90. The van der Waals surface area contributed by atoms with Crippen molar-refractivity contribution in [2.24, 2.45) is 0 Å². The molecule has 1 aliphatic rings. The van der Waals surface area contributed by atoms with E-state index in [1.165, 1.54) is 14.2 Å². The second-order valence-corrected chi connectivity index (χ2v) is 6.52. The van der Waals surface area contributed by atoms with E-state index in [1.807, 2.05) is 30.3 Å². The van der Waals surface area contributed by atoms with Crippen molar-refractivity contribution in [3.8, 4) is 11.5 Å². The van der Waals surface area contributed by atoms with Crippen LogP contribution in [0.4, 0.5) is 4.79 Å². The summed E-state index contributed by atoms with van der Waals surface area (Å²) in [5, 5.41) is 5.42. The fourth-order valence-electron chi connectivity index (χ4n) is 3.32. The number of carbonyl (C=O) groups excluding carboxylic acids is 2. The summed E-state index contributed by atoms with van der Waals surface area (Å²) in [5.74, 6) is 0.456. The summed E-state index contributed by atoms with van der Waals surface area (Å²) in [7, 11) is 3.04. The van der Waals surface area contributed by atoms with E-state index in [0.29, 0.717) is 34.8 Å². The van der Waals surface area contributed by atoms with Gasteiger partial charge >= 0.3 is 12.0 Å². The molecule has 0 radical (unpaired) electrons.